The van der Waals surface area contributed by atoms with Crippen molar-refractivity contribution in [3.8, 4) is 5.75 Å². The van der Waals surface area contributed by atoms with Crippen molar-refractivity contribution in [3.05, 3.63) is 59.8 Å². The fourth-order valence-corrected chi connectivity index (χ4v) is 5.22. The number of aromatic nitrogens is 1. The number of carbonyl (C=O) groups excluding carboxylic acids is 2. The number of hydrogen-bond acceptors (Lipinski definition) is 3. The molecule has 0 saturated heterocycles. The van der Waals surface area contributed by atoms with Gasteiger partial charge in [0.05, 0.1) is 22.8 Å². The number of carbonyl (C=O) groups is 2. The minimum atomic E-state index is -4.33. The van der Waals surface area contributed by atoms with E-state index in [1.807, 2.05) is 25.1 Å². The van der Waals surface area contributed by atoms with Crippen LogP contribution in [-0.2, 0) is 15.8 Å². The zero-order chi connectivity index (χ0) is 25.7. The molecule has 2 aromatic carbocycles. The fraction of sp³-hybridized carbons (Fsp3) is 0.407. The van der Waals surface area contributed by atoms with Crippen LogP contribution >= 0.6 is 0 Å². The monoisotopic (exact) mass is 499 g/mol. The molecule has 0 atom stereocenters. The number of fused-ring (bicyclic) bond motifs is 1. The van der Waals surface area contributed by atoms with Gasteiger partial charge in [0.1, 0.15) is 5.75 Å². The van der Waals surface area contributed by atoms with Crippen molar-refractivity contribution in [2.45, 2.75) is 63.8 Å². The van der Waals surface area contributed by atoms with Crippen LogP contribution < -0.4 is 15.4 Å². The number of aromatic amines is 1. The van der Waals surface area contributed by atoms with Gasteiger partial charge < -0.3 is 20.4 Å². The highest BCUT2D eigenvalue weighted by atomic mass is 19.4. The van der Waals surface area contributed by atoms with E-state index in [1.165, 1.54) is 6.92 Å². The summed E-state index contributed by atoms with van der Waals surface area (Å²) in [6.07, 6.45) is 0.0506. The van der Waals surface area contributed by atoms with Crippen molar-refractivity contribution in [1.29, 1.82) is 0 Å². The molecule has 0 spiro atoms. The van der Waals surface area contributed by atoms with Crippen LogP contribution in [-0.4, -0.2) is 28.9 Å². The molecule has 6 nitrogen and oxygen atoms in total. The van der Waals surface area contributed by atoms with Crippen molar-refractivity contribution >= 4 is 28.4 Å². The van der Waals surface area contributed by atoms with Gasteiger partial charge in [-0.1, -0.05) is 19.1 Å². The van der Waals surface area contributed by atoms with Crippen LogP contribution in [0, 0.1) is 5.41 Å². The summed E-state index contributed by atoms with van der Waals surface area (Å²) in [5, 5.41) is 6.70. The number of hydrogen-bond donors (Lipinski definition) is 3. The van der Waals surface area contributed by atoms with Crippen LogP contribution in [0.15, 0.2) is 48.7 Å². The van der Waals surface area contributed by atoms with E-state index in [0.29, 0.717) is 24.3 Å². The van der Waals surface area contributed by atoms with Crippen LogP contribution in [0.5, 0.6) is 5.75 Å². The number of nitrogens with one attached hydrogen (secondary N) is 3. The predicted molar refractivity (Wildman–Crippen MR) is 130 cm³/mol. The summed E-state index contributed by atoms with van der Waals surface area (Å²) in [6.45, 7) is 3.37. The third kappa shape index (κ3) is 4.79. The van der Waals surface area contributed by atoms with Gasteiger partial charge in [-0.2, -0.15) is 13.2 Å². The average molecular weight is 500 g/mol. The smallest absolute Gasteiger partial charge is 0.416 e. The lowest BCUT2D eigenvalue weighted by Gasteiger charge is -2.43. The van der Waals surface area contributed by atoms with Gasteiger partial charge in [0, 0.05) is 30.1 Å². The summed E-state index contributed by atoms with van der Waals surface area (Å²) < 4.78 is 44.5. The third-order valence-corrected chi connectivity index (χ3v) is 7.36. The van der Waals surface area contributed by atoms with E-state index < -0.39 is 17.2 Å². The van der Waals surface area contributed by atoms with Crippen LogP contribution in [0.4, 0.5) is 18.9 Å². The minimum Gasteiger partial charge on any atom is -0.490 e. The number of amides is 2. The van der Waals surface area contributed by atoms with Crippen molar-refractivity contribution in [3.63, 3.8) is 0 Å². The van der Waals surface area contributed by atoms with Gasteiger partial charge >= 0.3 is 6.18 Å². The van der Waals surface area contributed by atoms with E-state index >= 15 is 0 Å². The highest BCUT2D eigenvalue weighted by Gasteiger charge is 2.46. The maximum Gasteiger partial charge on any atom is 0.416 e. The molecule has 2 amide bonds. The molecule has 2 aliphatic rings. The Kier molecular flexibility index (Phi) is 5.97. The third-order valence-electron chi connectivity index (χ3n) is 7.36. The second-order valence-electron chi connectivity index (χ2n) is 10.3. The number of alkyl halides is 3. The Morgan fingerprint density at radius 2 is 1.78 bits per heavy atom. The summed E-state index contributed by atoms with van der Waals surface area (Å²) >= 11 is 0. The Hall–Kier alpha value is -3.49. The zero-order valence-corrected chi connectivity index (χ0v) is 20.0. The number of rotatable bonds is 6. The van der Waals surface area contributed by atoms with Gasteiger partial charge in [-0.15, -0.1) is 0 Å². The Labute approximate surface area is 206 Å². The number of anilines is 1. The average Bonchev–Trinajstić information content (AvgIpc) is 3.16. The zero-order valence-electron chi connectivity index (χ0n) is 20.0. The van der Waals surface area contributed by atoms with Crippen molar-refractivity contribution < 1.29 is 27.5 Å². The Morgan fingerprint density at radius 1 is 1.08 bits per heavy atom. The predicted octanol–water partition coefficient (Wildman–Crippen LogP) is 5.76. The van der Waals surface area contributed by atoms with E-state index in [2.05, 4.69) is 15.6 Å². The SMILES string of the molecule is CC(=O)N[C@H]1C[C@](C)(C(=O)Nc2c[nH]c3ccc(O[C@H]4C[C@@H](c5ccc(C(F)(F)F)cc5)C4)cc23)C1. The number of ether oxygens (including phenoxy) is 1. The van der Waals surface area contributed by atoms with Crippen LogP contribution in [0.1, 0.15) is 56.6 Å². The highest BCUT2D eigenvalue weighted by molar-refractivity contribution is 6.04. The second kappa shape index (κ2) is 8.87. The van der Waals surface area contributed by atoms with Gasteiger partial charge in [-0.3, -0.25) is 9.59 Å². The topological polar surface area (TPSA) is 83.2 Å². The molecule has 2 aliphatic carbocycles. The second-order valence-corrected chi connectivity index (χ2v) is 10.3. The molecule has 2 saturated carbocycles. The van der Waals surface area contributed by atoms with Crippen LogP contribution in [0.2, 0.25) is 0 Å². The van der Waals surface area contributed by atoms with Gasteiger partial charge in [-0.05, 0) is 67.5 Å². The normalized spacial score (nSPS) is 25.5. The summed E-state index contributed by atoms with van der Waals surface area (Å²) in [5.74, 6) is 0.667. The molecule has 1 aromatic heterocycles. The van der Waals surface area contributed by atoms with E-state index in [9.17, 15) is 22.8 Å². The van der Waals surface area contributed by atoms with E-state index in [0.717, 1.165) is 41.4 Å². The minimum absolute atomic E-state index is 0.0219. The largest absolute Gasteiger partial charge is 0.490 e. The van der Waals surface area contributed by atoms with Gasteiger partial charge in [-0.25, -0.2) is 0 Å². The summed E-state index contributed by atoms with van der Waals surface area (Å²) in [6, 6.07) is 11.0. The lowest BCUT2D eigenvalue weighted by Crippen LogP contribution is -2.54. The maximum absolute atomic E-state index is 12.9. The number of H-pyrrole nitrogens is 1. The molecular formula is C27H28F3N3O3. The molecule has 0 bridgehead atoms. The number of benzene rings is 2. The van der Waals surface area contributed by atoms with Gasteiger partial charge in [0.2, 0.25) is 11.8 Å². The molecule has 3 N–H and O–H groups in total. The van der Waals surface area contributed by atoms with Crippen molar-refractivity contribution in [1.82, 2.24) is 10.3 Å². The Balaban J connectivity index is 1.19. The Morgan fingerprint density at radius 3 is 2.42 bits per heavy atom. The first-order valence-electron chi connectivity index (χ1n) is 12.0. The summed E-state index contributed by atoms with van der Waals surface area (Å²) in [4.78, 5) is 27.3. The highest BCUT2D eigenvalue weighted by Crippen LogP contribution is 2.43. The first-order chi connectivity index (χ1) is 17.0. The summed E-state index contributed by atoms with van der Waals surface area (Å²) in [7, 11) is 0. The van der Waals surface area contributed by atoms with Crippen LogP contribution in [0.3, 0.4) is 0 Å². The first kappa shape index (κ1) is 24.2. The Bertz CT molecular complexity index is 1290. The summed E-state index contributed by atoms with van der Waals surface area (Å²) in [5.41, 5.74) is 1.24. The molecule has 36 heavy (non-hydrogen) atoms. The van der Waals surface area contributed by atoms with Crippen molar-refractivity contribution in [2.75, 3.05) is 5.32 Å². The molecule has 9 heteroatoms. The van der Waals surface area contributed by atoms with E-state index in [1.54, 1.807) is 18.3 Å². The first-order valence-corrected chi connectivity index (χ1v) is 12.0. The maximum atomic E-state index is 12.9. The quantitative estimate of drug-likeness (QED) is 0.404. The molecule has 0 aliphatic heterocycles. The molecule has 5 rings (SSSR count). The molecule has 0 unspecified atom stereocenters. The fourth-order valence-electron chi connectivity index (χ4n) is 5.22. The molecular weight excluding hydrogens is 471 g/mol. The molecule has 190 valence electrons. The molecule has 2 fully saturated rings. The molecule has 0 radical (unpaired) electrons. The number of halogens is 3. The van der Waals surface area contributed by atoms with Crippen LogP contribution in [0.25, 0.3) is 10.9 Å². The lowest BCUT2D eigenvalue weighted by molar-refractivity contribution is -0.137. The lowest BCUT2D eigenvalue weighted by atomic mass is 9.66. The van der Waals surface area contributed by atoms with Gasteiger partial charge in [0.15, 0.2) is 0 Å². The van der Waals surface area contributed by atoms with Gasteiger partial charge in [0.25, 0.3) is 0 Å². The molecule has 1 heterocycles. The molecule has 3 aromatic rings. The van der Waals surface area contributed by atoms with E-state index in [-0.39, 0.29) is 29.9 Å². The van der Waals surface area contributed by atoms with Crippen molar-refractivity contribution in [2.24, 2.45) is 5.41 Å². The standard InChI is InChI=1S/C27H28F3N3O3/c1-15(34)32-19-12-26(2,13-19)25(35)33-24-14-31-23-8-7-20(11-22(23)24)36-21-9-17(10-21)16-3-5-18(6-4-16)27(28,29)30/h3-8,11,14,17,19,21,31H,9-10,12-13H2,1-2H3,(H,32,34)(H,33,35)/t17-,19-,21+,26-. The van der Waals surface area contributed by atoms with E-state index in [4.69, 9.17) is 4.74 Å².